The normalized spacial score (nSPS) is 10.1. The summed E-state index contributed by atoms with van der Waals surface area (Å²) < 4.78 is 0. The van der Waals surface area contributed by atoms with Crippen LogP contribution in [0, 0.1) is 0 Å². The third-order valence-corrected chi connectivity index (χ3v) is 2.66. The number of benzene rings is 2. The average Bonchev–Trinajstić information content (AvgIpc) is 2.37. The smallest absolute Gasteiger partial charge is 0.261 e. The molecule has 0 heterocycles. The van der Waals surface area contributed by atoms with Gasteiger partial charge < -0.3 is 15.1 Å². The molecule has 2 aromatic rings. The SMILES string of the molecule is CN(C(=O)c1ccccc1O)c1cccc(O)c1. The lowest BCUT2D eigenvalue weighted by atomic mass is 10.1. The van der Waals surface area contributed by atoms with Gasteiger partial charge in [0.15, 0.2) is 0 Å². The van der Waals surface area contributed by atoms with Crippen LogP contribution in [-0.4, -0.2) is 23.2 Å². The molecule has 2 rings (SSSR count). The van der Waals surface area contributed by atoms with E-state index in [9.17, 15) is 15.0 Å². The summed E-state index contributed by atoms with van der Waals surface area (Å²) in [6.45, 7) is 0. The summed E-state index contributed by atoms with van der Waals surface area (Å²) >= 11 is 0. The highest BCUT2D eigenvalue weighted by Gasteiger charge is 2.16. The van der Waals surface area contributed by atoms with Crippen molar-refractivity contribution < 1.29 is 15.0 Å². The summed E-state index contributed by atoms with van der Waals surface area (Å²) in [6, 6.07) is 12.7. The lowest BCUT2D eigenvalue weighted by Crippen LogP contribution is -2.26. The van der Waals surface area contributed by atoms with Crippen molar-refractivity contribution in [1.82, 2.24) is 0 Å². The molecular formula is C14H13NO3. The van der Waals surface area contributed by atoms with E-state index < -0.39 is 0 Å². The molecular weight excluding hydrogens is 230 g/mol. The van der Waals surface area contributed by atoms with Gasteiger partial charge in [-0.1, -0.05) is 18.2 Å². The van der Waals surface area contributed by atoms with Crippen molar-refractivity contribution >= 4 is 11.6 Å². The molecule has 92 valence electrons. The third kappa shape index (κ3) is 2.27. The Kier molecular flexibility index (Phi) is 3.19. The fraction of sp³-hybridized carbons (Fsp3) is 0.0714. The number of phenolic OH excluding ortho intramolecular Hbond substituents is 2. The molecule has 0 aliphatic heterocycles. The minimum atomic E-state index is -0.335. The molecule has 4 nitrogen and oxygen atoms in total. The molecule has 0 aromatic heterocycles. The van der Waals surface area contributed by atoms with Crippen LogP contribution >= 0.6 is 0 Å². The van der Waals surface area contributed by atoms with Gasteiger partial charge in [0, 0.05) is 18.8 Å². The number of nitrogens with zero attached hydrogens (tertiary/aromatic N) is 1. The molecule has 2 N–H and O–H groups in total. The van der Waals surface area contributed by atoms with Crippen molar-refractivity contribution in [2.45, 2.75) is 0 Å². The standard InChI is InChI=1S/C14H13NO3/c1-15(10-5-4-6-11(16)9-10)14(18)12-7-2-3-8-13(12)17/h2-9,16-17H,1H3. The van der Waals surface area contributed by atoms with Gasteiger partial charge in [0.2, 0.25) is 0 Å². The molecule has 0 radical (unpaired) electrons. The summed E-state index contributed by atoms with van der Waals surface area (Å²) in [5.74, 6) is -0.308. The van der Waals surface area contributed by atoms with Crippen LogP contribution in [0.5, 0.6) is 11.5 Å². The highest BCUT2D eigenvalue weighted by atomic mass is 16.3. The molecule has 0 bridgehead atoms. The highest BCUT2D eigenvalue weighted by molar-refractivity contribution is 6.07. The molecule has 1 amide bonds. The molecule has 2 aromatic carbocycles. The Morgan fingerprint density at radius 3 is 2.44 bits per heavy atom. The number of rotatable bonds is 2. The van der Waals surface area contributed by atoms with Crippen LogP contribution in [0.2, 0.25) is 0 Å². The average molecular weight is 243 g/mol. The first-order valence-electron chi connectivity index (χ1n) is 5.44. The Bertz CT molecular complexity index is 581. The molecule has 0 saturated heterocycles. The summed E-state index contributed by atoms with van der Waals surface area (Å²) in [7, 11) is 1.59. The topological polar surface area (TPSA) is 60.8 Å². The number of phenols is 2. The van der Waals surface area contributed by atoms with E-state index >= 15 is 0 Å². The first-order chi connectivity index (χ1) is 8.59. The van der Waals surface area contributed by atoms with Crippen LogP contribution < -0.4 is 4.90 Å². The van der Waals surface area contributed by atoms with Crippen LogP contribution in [-0.2, 0) is 0 Å². The summed E-state index contributed by atoms with van der Waals surface area (Å²) in [5, 5.41) is 19.0. The second-order valence-corrected chi connectivity index (χ2v) is 3.90. The van der Waals surface area contributed by atoms with Crippen molar-refractivity contribution in [2.75, 3.05) is 11.9 Å². The number of para-hydroxylation sites is 1. The number of carbonyl (C=O) groups is 1. The van der Waals surface area contributed by atoms with E-state index in [2.05, 4.69) is 0 Å². The van der Waals surface area contributed by atoms with Gasteiger partial charge in [-0.2, -0.15) is 0 Å². The van der Waals surface area contributed by atoms with Gasteiger partial charge in [-0.15, -0.1) is 0 Å². The second-order valence-electron chi connectivity index (χ2n) is 3.90. The number of hydrogen-bond acceptors (Lipinski definition) is 3. The quantitative estimate of drug-likeness (QED) is 0.851. The molecule has 0 saturated carbocycles. The van der Waals surface area contributed by atoms with Gasteiger partial charge >= 0.3 is 0 Å². The van der Waals surface area contributed by atoms with Crippen LogP contribution in [0.25, 0.3) is 0 Å². The predicted molar refractivity (Wildman–Crippen MR) is 68.9 cm³/mol. The highest BCUT2D eigenvalue weighted by Crippen LogP contribution is 2.23. The van der Waals surface area contributed by atoms with E-state index in [1.165, 1.54) is 23.1 Å². The summed E-state index contributed by atoms with van der Waals surface area (Å²) in [5.41, 5.74) is 0.784. The van der Waals surface area contributed by atoms with Crippen molar-refractivity contribution in [3.05, 3.63) is 54.1 Å². The molecule has 4 heteroatoms. The van der Waals surface area contributed by atoms with Crippen LogP contribution in [0.3, 0.4) is 0 Å². The second kappa shape index (κ2) is 4.79. The Labute approximate surface area is 105 Å². The zero-order chi connectivity index (χ0) is 13.1. The number of aromatic hydroxyl groups is 2. The molecule has 0 atom stereocenters. The lowest BCUT2D eigenvalue weighted by Gasteiger charge is -2.18. The van der Waals surface area contributed by atoms with E-state index in [1.54, 1.807) is 37.4 Å². The first kappa shape index (κ1) is 12.0. The fourth-order valence-corrected chi connectivity index (χ4v) is 1.65. The van der Waals surface area contributed by atoms with Crippen molar-refractivity contribution in [2.24, 2.45) is 0 Å². The van der Waals surface area contributed by atoms with E-state index in [0.29, 0.717) is 5.69 Å². The minimum absolute atomic E-state index is 0.0606. The maximum atomic E-state index is 12.2. The molecule has 0 spiro atoms. The molecule has 0 unspecified atom stereocenters. The molecule has 0 aliphatic carbocycles. The number of anilines is 1. The van der Waals surface area contributed by atoms with Gasteiger partial charge in [0.1, 0.15) is 11.5 Å². The lowest BCUT2D eigenvalue weighted by molar-refractivity contribution is 0.0990. The number of amides is 1. The third-order valence-electron chi connectivity index (χ3n) is 2.66. The number of hydrogen-bond donors (Lipinski definition) is 2. The van der Waals surface area contributed by atoms with Gasteiger partial charge in [-0.05, 0) is 24.3 Å². The van der Waals surface area contributed by atoms with E-state index in [-0.39, 0.29) is 23.0 Å². The van der Waals surface area contributed by atoms with Crippen molar-refractivity contribution in [3.63, 3.8) is 0 Å². The fourth-order valence-electron chi connectivity index (χ4n) is 1.65. The van der Waals surface area contributed by atoms with Crippen LogP contribution in [0.4, 0.5) is 5.69 Å². The Balaban J connectivity index is 2.32. The van der Waals surface area contributed by atoms with Gasteiger partial charge in [-0.25, -0.2) is 0 Å². The Hall–Kier alpha value is -2.49. The Morgan fingerprint density at radius 1 is 1.06 bits per heavy atom. The van der Waals surface area contributed by atoms with Gasteiger partial charge in [0.25, 0.3) is 5.91 Å². The largest absolute Gasteiger partial charge is 0.508 e. The van der Waals surface area contributed by atoms with E-state index in [0.717, 1.165) is 0 Å². The summed E-state index contributed by atoms with van der Waals surface area (Å²) in [4.78, 5) is 13.5. The van der Waals surface area contributed by atoms with E-state index in [4.69, 9.17) is 0 Å². The summed E-state index contributed by atoms with van der Waals surface area (Å²) in [6.07, 6.45) is 0. The van der Waals surface area contributed by atoms with Crippen molar-refractivity contribution in [3.8, 4) is 11.5 Å². The van der Waals surface area contributed by atoms with Crippen LogP contribution in [0.15, 0.2) is 48.5 Å². The monoisotopic (exact) mass is 243 g/mol. The zero-order valence-corrected chi connectivity index (χ0v) is 9.87. The first-order valence-corrected chi connectivity index (χ1v) is 5.44. The van der Waals surface area contributed by atoms with Gasteiger partial charge in [0.05, 0.1) is 5.56 Å². The van der Waals surface area contributed by atoms with Crippen LogP contribution in [0.1, 0.15) is 10.4 Å². The predicted octanol–water partition coefficient (Wildman–Crippen LogP) is 2.37. The molecule has 18 heavy (non-hydrogen) atoms. The number of carbonyl (C=O) groups excluding carboxylic acids is 1. The van der Waals surface area contributed by atoms with Gasteiger partial charge in [-0.3, -0.25) is 4.79 Å². The minimum Gasteiger partial charge on any atom is -0.508 e. The Morgan fingerprint density at radius 2 is 1.78 bits per heavy atom. The molecule has 0 aliphatic rings. The zero-order valence-electron chi connectivity index (χ0n) is 9.87. The maximum Gasteiger partial charge on any atom is 0.261 e. The molecule has 0 fully saturated rings. The van der Waals surface area contributed by atoms with E-state index in [1.807, 2.05) is 0 Å². The van der Waals surface area contributed by atoms with Crippen molar-refractivity contribution in [1.29, 1.82) is 0 Å². The maximum absolute atomic E-state index is 12.2.